The number of carbonyl (C=O) groups is 2. The standard InChI is InChI=1S/C16H22N4O2/c1-3-18-11-20(10-15(18)21)16(22)13-9-19(8-12(13)2)14-6-4-5-7-17-14/h4-7,12-13H,3,8-11H2,1-2H3/t12-,13-/m1/s1. The number of hydrogen-bond acceptors (Lipinski definition) is 4. The van der Waals surface area contributed by atoms with Gasteiger partial charge in [-0.3, -0.25) is 9.59 Å². The molecular formula is C16H22N4O2. The van der Waals surface area contributed by atoms with Gasteiger partial charge in [-0.1, -0.05) is 13.0 Å². The van der Waals surface area contributed by atoms with Gasteiger partial charge in [-0.15, -0.1) is 0 Å². The first-order valence-electron chi connectivity index (χ1n) is 7.82. The number of pyridine rings is 1. The summed E-state index contributed by atoms with van der Waals surface area (Å²) >= 11 is 0. The van der Waals surface area contributed by atoms with Gasteiger partial charge in [0.05, 0.1) is 12.6 Å². The average molecular weight is 302 g/mol. The van der Waals surface area contributed by atoms with Crippen LogP contribution < -0.4 is 4.90 Å². The van der Waals surface area contributed by atoms with Crippen molar-refractivity contribution in [3.05, 3.63) is 24.4 Å². The number of nitrogens with zero attached hydrogens (tertiary/aromatic N) is 4. The Bertz CT molecular complexity index is 563. The maximum atomic E-state index is 12.7. The summed E-state index contributed by atoms with van der Waals surface area (Å²) in [6, 6.07) is 5.82. The molecule has 2 amide bonds. The molecule has 22 heavy (non-hydrogen) atoms. The first-order valence-corrected chi connectivity index (χ1v) is 7.82. The lowest BCUT2D eigenvalue weighted by Crippen LogP contribution is -2.38. The molecule has 0 spiro atoms. The van der Waals surface area contributed by atoms with E-state index < -0.39 is 0 Å². The van der Waals surface area contributed by atoms with Crippen LogP contribution in [0.5, 0.6) is 0 Å². The summed E-state index contributed by atoms with van der Waals surface area (Å²) in [6.45, 7) is 6.84. The molecule has 3 heterocycles. The molecular weight excluding hydrogens is 280 g/mol. The van der Waals surface area contributed by atoms with Gasteiger partial charge >= 0.3 is 0 Å². The van der Waals surface area contributed by atoms with E-state index >= 15 is 0 Å². The molecule has 1 aromatic heterocycles. The van der Waals surface area contributed by atoms with Crippen LogP contribution in [-0.2, 0) is 9.59 Å². The Hall–Kier alpha value is -2.11. The second-order valence-corrected chi connectivity index (χ2v) is 6.10. The van der Waals surface area contributed by atoms with Gasteiger partial charge in [0.25, 0.3) is 0 Å². The van der Waals surface area contributed by atoms with Gasteiger partial charge < -0.3 is 14.7 Å². The van der Waals surface area contributed by atoms with E-state index in [1.807, 2.05) is 25.1 Å². The van der Waals surface area contributed by atoms with Crippen molar-refractivity contribution in [3.8, 4) is 0 Å². The van der Waals surface area contributed by atoms with Gasteiger partial charge in [-0.2, -0.15) is 0 Å². The molecule has 0 N–H and O–H groups in total. The lowest BCUT2D eigenvalue weighted by Gasteiger charge is -2.22. The summed E-state index contributed by atoms with van der Waals surface area (Å²) < 4.78 is 0. The zero-order chi connectivity index (χ0) is 15.7. The van der Waals surface area contributed by atoms with Crippen LogP contribution in [0.3, 0.4) is 0 Å². The van der Waals surface area contributed by atoms with Crippen LogP contribution >= 0.6 is 0 Å². The van der Waals surface area contributed by atoms with Crippen molar-refractivity contribution in [1.82, 2.24) is 14.8 Å². The summed E-state index contributed by atoms with van der Waals surface area (Å²) in [7, 11) is 0. The highest BCUT2D eigenvalue weighted by atomic mass is 16.2. The third-order valence-electron chi connectivity index (χ3n) is 4.62. The highest BCUT2D eigenvalue weighted by Gasteiger charge is 2.40. The number of hydrogen-bond donors (Lipinski definition) is 0. The van der Waals surface area contributed by atoms with Crippen LogP contribution in [0, 0.1) is 11.8 Å². The van der Waals surface area contributed by atoms with Crippen molar-refractivity contribution in [2.45, 2.75) is 13.8 Å². The molecule has 0 bridgehead atoms. The SMILES string of the molecule is CCN1CN(C(=O)[C@@H]2CN(c3ccccn3)C[C@H]2C)CC1=O. The van der Waals surface area contributed by atoms with E-state index in [2.05, 4.69) is 16.8 Å². The third kappa shape index (κ3) is 2.65. The van der Waals surface area contributed by atoms with Crippen LogP contribution in [0.15, 0.2) is 24.4 Å². The summed E-state index contributed by atoms with van der Waals surface area (Å²) in [5.41, 5.74) is 0. The molecule has 0 unspecified atom stereocenters. The Morgan fingerprint density at radius 2 is 2.18 bits per heavy atom. The Morgan fingerprint density at radius 3 is 2.82 bits per heavy atom. The van der Waals surface area contributed by atoms with Crippen molar-refractivity contribution < 1.29 is 9.59 Å². The molecule has 6 nitrogen and oxygen atoms in total. The molecule has 2 fully saturated rings. The molecule has 2 aliphatic rings. The van der Waals surface area contributed by atoms with E-state index in [-0.39, 0.29) is 30.2 Å². The van der Waals surface area contributed by atoms with Crippen molar-refractivity contribution in [3.63, 3.8) is 0 Å². The third-order valence-corrected chi connectivity index (χ3v) is 4.62. The fourth-order valence-corrected chi connectivity index (χ4v) is 3.27. The van der Waals surface area contributed by atoms with Gasteiger partial charge in [0, 0.05) is 25.8 Å². The Kier molecular flexibility index (Phi) is 4.00. The minimum Gasteiger partial charge on any atom is -0.356 e. The molecule has 3 rings (SSSR count). The van der Waals surface area contributed by atoms with Crippen molar-refractivity contribution in [2.24, 2.45) is 11.8 Å². The molecule has 118 valence electrons. The van der Waals surface area contributed by atoms with Crippen LogP contribution in [-0.4, -0.2) is 59.4 Å². The quantitative estimate of drug-likeness (QED) is 0.829. The number of likely N-dealkylation sites (N-methyl/N-ethyl adjacent to an activating group) is 1. The fourth-order valence-electron chi connectivity index (χ4n) is 3.27. The topological polar surface area (TPSA) is 56.8 Å². The second-order valence-electron chi connectivity index (χ2n) is 6.10. The summed E-state index contributed by atoms with van der Waals surface area (Å²) in [5, 5.41) is 0. The second kappa shape index (κ2) is 5.94. The molecule has 2 aliphatic heterocycles. The Balaban J connectivity index is 1.68. The van der Waals surface area contributed by atoms with Gasteiger partial charge in [0.2, 0.25) is 11.8 Å². The van der Waals surface area contributed by atoms with E-state index in [0.717, 1.165) is 12.4 Å². The highest BCUT2D eigenvalue weighted by molar-refractivity contribution is 5.89. The average Bonchev–Trinajstić information content (AvgIpc) is 3.10. The molecule has 0 saturated carbocycles. The number of anilines is 1. The fraction of sp³-hybridized carbons (Fsp3) is 0.562. The smallest absolute Gasteiger partial charge is 0.243 e. The first kappa shape index (κ1) is 14.8. The van der Waals surface area contributed by atoms with Gasteiger partial charge in [-0.25, -0.2) is 4.98 Å². The van der Waals surface area contributed by atoms with Crippen LogP contribution in [0.1, 0.15) is 13.8 Å². The molecule has 2 saturated heterocycles. The molecule has 6 heteroatoms. The monoisotopic (exact) mass is 302 g/mol. The summed E-state index contributed by atoms with van der Waals surface area (Å²) in [5.74, 6) is 1.25. The van der Waals surface area contributed by atoms with Gasteiger partial charge in [0.1, 0.15) is 12.4 Å². The highest BCUT2D eigenvalue weighted by Crippen LogP contribution is 2.28. The maximum Gasteiger partial charge on any atom is 0.243 e. The lowest BCUT2D eigenvalue weighted by atomic mass is 9.97. The molecule has 1 aromatic rings. The van der Waals surface area contributed by atoms with Crippen LogP contribution in [0.4, 0.5) is 5.82 Å². The Labute approximate surface area is 130 Å². The number of aromatic nitrogens is 1. The minimum absolute atomic E-state index is 0.0445. The normalized spacial score (nSPS) is 25.2. The van der Waals surface area contributed by atoms with E-state index in [9.17, 15) is 9.59 Å². The van der Waals surface area contributed by atoms with Crippen molar-refractivity contribution in [1.29, 1.82) is 0 Å². The molecule has 0 radical (unpaired) electrons. The minimum atomic E-state index is -0.0633. The predicted octanol–water partition coefficient (Wildman–Crippen LogP) is 0.802. The molecule has 0 aliphatic carbocycles. The van der Waals surface area contributed by atoms with E-state index in [0.29, 0.717) is 19.8 Å². The number of amides is 2. The van der Waals surface area contributed by atoms with E-state index in [4.69, 9.17) is 0 Å². The Morgan fingerprint density at radius 1 is 1.36 bits per heavy atom. The predicted molar refractivity (Wildman–Crippen MR) is 83.1 cm³/mol. The van der Waals surface area contributed by atoms with Gasteiger partial charge in [0.15, 0.2) is 0 Å². The van der Waals surface area contributed by atoms with Crippen LogP contribution in [0.25, 0.3) is 0 Å². The molecule has 0 aromatic carbocycles. The summed E-state index contributed by atoms with van der Waals surface area (Å²) in [4.78, 5) is 34.5. The van der Waals surface area contributed by atoms with E-state index in [1.54, 1.807) is 16.0 Å². The van der Waals surface area contributed by atoms with Crippen LogP contribution in [0.2, 0.25) is 0 Å². The van der Waals surface area contributed by atoms with Crippen molar-refractivity contribution in [2.75, 3.05) is 37.7 Å². The number of rotatable bonds is 3. The number of carbonyl (C=O) groups excluding carboxylic acids is 2. The molecule has 2 atom stereocenters. The summed E-state index contributed by atoms with van der Waals surface area (Å²) in [6.07, 6.45) is 1.77. The van der Waals surface area contributed by atoms with E-state index in [1.165, 1.54) is 0 Å². The van der Waals surface area contributed by atoms with Crippen molar-refractivity contribution >= 4 is 17.6 Å². The largest absolute Gasteiger partial charge is 0.356 e. The first-order chi connectivity index (χ1) is 10.6. The zero-order valence-electron chi connectivity index (χ0n) is 13.1. The lowest BCUT2D eigenvalue weighted by molar-refractivity contribution is -0.136. The zero-order valence-corrected chi connectivity index (χ0v) is 13.1. The van der Waals surface area contributed by atoms with Gasteiger partial charge in [-0.05, 0) is 25.0 Å². The maximum absolute atomic E-state index is 12.7.